The van der Waals surface area contributed by atoms with Gasteiger partial charge in [-0.1, -0.05) is 37.3 Å². The molecule has 0 radical (unpaired) electrons. The molecule has 1 rings (SSSR count). The molecule has 0 N–H and O–H groups in total. The lowest BCUT2D eigenvalue weighted by Crippen LogP contribution is -2.22. The van der Waals surface area contributed by atoms with Gasteiger partial charge in [-0.05, 0) is 38.2 Å². The van der Waals surface area contributed by atoms with E-state index in [1.54, 1.807) is 0 Å². The van der Waals surface area contributed by atoms with Crippen molar-refractivity contribution in [3.05, 3.63) is 35.9 Å². The van der Waals surface area contributed by atoms with Crippen molar-refractivity contribution in [3.63, 3.8) is 0 Å². The summed E-state index contributed by atoms with van der Waals surface area (Å²) >= 11 is 0. The Labute approximate surface area is 103 Å². The van der Waals surface area contributed by atoms with E-state index in [2.05, 4.69) is 19.1 Å². The lowest BCUT2D eigenvalue weighted by molar-refractivity contribution is -0.131. The van der Waals surface area contributed by atoms with Gasteiger partial charge in [0.25, 0.3) is 0 Å². The zero-order valence-electron chi connectivity index (χ0n) is 10.8. The first-order chi connectivity index (χ1) is 8.00. The van der Waals surface area contributed by atoms with E-state index in [4.69, 9.17) is 0 Å². The van der Waals surface area contributed by atoms with Crippen LogP contribution in [0.3, 0.4) is 0 Å². The molecular formula is C15H20O2. The molecular weight excluding hydrogens is 212 g/mol. The third kappa shape index (κ3) is 4.51. The molecule has 2 heteroatoms. The minimum Gasteiger partial charge on any atom is -0.299 e. The maximum Gasteiger partial charge on any atom is 0.140 e. The van der Waals surface area contributed by atoms with E-state index in [-0.39, 0.29) is 11.6 Å². The zero-order valence-corrected chi connectivity index (χ0v) is 10.8. The van der Waals surface area contributed by atoms with Crippen LogP contribution in [0, 0.1) is 11.8 Å². The highest BCUT2D eigenvalue weighted by Crippen LogP contribution is 2.18. The fraction of sp³-hybridized carbons (Fsp3) is 0.467. The molecule has 0 bridgehead atoms. The van der Waals surface area contributed by atoms with Crippen molar-refractivity contribution in [1.82, 2.24) is 0 Å². The van der Waals surface area contributed by atoms with Gasteiger partial charge in [-0.2, -0.15) is 0 Å². The van der Waals surface area contributed by atoms with Crippen LogP contribution in [0.1, 0.15) is 32.8 Å². The molecule has 0 fully saturated rings. The minimum absolute atomic E-state index is 0.0163. The van der Waals surface area contributed by atoms with Crippen molar-refractivity contribution < 1.29 is 9.59 Å². The van der Waals surface area contributed by atoms with Crippen LogP contribution in [0.2, 0.25) is 0 Å². The van der Waals surface area contributed by atoms with Crippen molar-refractivity contribution in [2.75, 3.05) is 0 Å². The Morgan fingerprint density at radius 1 is 1.06 bits per heavy atom. The smallest absolute Gasteiger partial charge is 0.140 e. The van der Waals surface area contributed by atoms with Crippen molar-refractivity contribution in [2.24, 2.45) is 11.8 Å². The normalized spacial score (nSPS) is 12.5. The predicted molar refractivity (Wildman–Crippen MR) is 68.8 cm³/mol. The average molecular weight is 232 g/mol. The predicted octanol–water partition coefficient (Wildman–Crippen LogP) is 3.05. The third-order valence-electron chi connectivity index (χ3n) is 3.05. The standard InChI is InChI=1S/C15H20O2/c1-11(9-14-7-5-4-6-8-14)10-15(12(2)16)13(3)17/h4-8,11,15H,9-10H2,1-3H3/t11-/m0/s1. The summed E-state index contributed by atoms with van der Waals surface area (Å²) in [6, 6.07) is 10.2. The van der Waals surface area contributed by atoms with Gasteiger partial charge in [-0.15, -0.1) is 0 Å². The van der Waals surface area contributed by atoms with Crippen LogP contribution in [0.5, 0.6) is 0 Å². The molecule has 0 aliphatic carbocycles. The average Bonchev–Trinajstić information content (AvgIpc) is 2.26. The summed E-state index contributed by atoms with van der Waals surface area (Å²) in [5, 5.41) is 0. The molecule has 0 spiro atoms. The van der Waals surface area contributed by atoms with Crippen molar-refractivity contribution in [2.45, 2.75) is 33.6 Å². The summed E-state index contributed by atoms with van der Waals surface area (Å²) in [5.41, 5.74) is 1.26. The highest BCUT2D eigenvalue weighted by Gasteiger charge is 2.21. The van der Waals surface area contributed by atoms with E-state index >= 15 is 0 Å². The van der Waals surface area contributed by atoms with Crippen LogP contribution in [-0.4, -0.2) is 11.6 Å². The summed E-state index contributed by atoms with van der Waals surface area (Å²) in [6.45, 7) is 5.09. The van der Waals surface area contributed by atoms with Crippen LogP contribution in [-0.2, 0) is 16.0 Å². The third-order valence-corrected chi connectivity index (χ3v) is 3.05. The second-order valence-corrected chi connectivity index (χ2v) is 4.80. The number of rotatable bonds is 6. The van der Waals surface area contributed by atoms with Gasteiger partial charge >= 0.3 is 0 Å². The maximum atomic E-state index is 11.4. The topological polar surface area (TPSA) is 34.1 Å². The van der Waals surface area contributed by atoms with E-state index in [0.29, 0.717) is 12.3 Å². The minimum atomic E-state index is -0.422. The molecule has 1 aromatic carbocycles. The maximum absolute atomic E-state index is 11.4. The molecule has 2 nitrogen and oxygen atoms in total. The molecule has 0 aliphatic heterocycles. The van der Waals surface area contributed by atoms with Gasteiger partial charge in [0.05, 0.1) is 5.92 Å². The Morgan fingerprint density at radius 3 is 2.06 bits per heavy atom. The van der Waals surface area contributed by atoms with Gasteiger partial charge in [0, 0.05) is 0 Å². The number of carbonyl (C=O) groups excluding carboxylic acids is 2. The molecule has 0 aromatic heterocycles. The lowest BCUT2D eigenvalue weighted by atomic mass is 9.87. The first-order valence-corrected chi connectivity index (χ1v) is 6.05. The lowest BCUT2D eigenvalue weighted by Gasteiger charge is -2.16. The van der Waals surface area contributed by atoms with Crippen LogP contribution < -0.4 is 0 Å². The SMILES string of the molecule is CC(=O)C(C[C@@H](C)Cc1ccccc1)C(C)=O. The summed E-state index contributed by atoms with van der Waals surface area (Å²) in [5.74, 6) is -0.112. The Hall–Kier alpha value is -1.44. The molecule has 1 aromatic rings. The quantitative estimate of drug-likeness (QED) is 0.706. The number of carbonyl (C=O) groups is 2. The van der Waals surface area contributed by atoms with Gasteiger partial charge in [-0.3, -0.25) is 9.59 Å². The molecule has 0 unspecified atom stereocenters. The zero-order chi connectivity index (χ0) is 12.8. The number of hydrogen-bond acceptors (Lipinski definition) is 2. The van der Waals surface area contributed by atoms with Gasteiger partial charge in [0.15, 0.2) is 0 Å². The van der Waals surface area contributed by atoms with E-state index in [1.165, 1.54) is 19.4 Å². The molecule has 17 heavy (non-hydrogen) atoms. The Balaban J connectivity index is 2.57. The van der Waals surface area contributed by atoms with Crippen LogP contribution in [0.15, 0.2) is 30.3 Å². The van der Waals surface area contributed by atoms with Crippen LogP contribution >= 0.6 is 0 Å². The number of ketones is 2. The van der Waals surface area contributed by atoms with Gasteiger partial charge in [0.1, 0.15) is 11.6 Å². The van der Waals surface area contributed by atoms with Crippen LogP contribution in [0.4, 0.5) is 0 Å². The highest BCUT2D eigenvalue weighted by atomic mass is 16.1. The number of hydrogen-bond donors (Lipinski definition) is 0. The fourth-order valence-electron chi connectivity index (χ4n) is 2.12. The molecule has 92 valence electrons. The first kappa shape index (κ1) is 13.6. The molecule has 0 saturated carbocycles. The van der Waals surface area contributed by atoms with Crippen LogP contribution in [0.25, 0.3) is 0 Å². The highest BCUT2D eigenvalue weighted by molar-refractivity contribution is 6.00. The molecule has 0 aliphatic rings. The number of Topliss-reactive ketones (excluding diaryl/α,β-unsaturated/α-hetero) is 2. The van der Waals surface area contributed by atoms with E-state index in [9.17, 15) is 9.59 Å². The molecule has 0 amide bonds. The van der Waals surface area contributed by atoms with Gasteiger partial charge < -0.3 is 0 Å². The number of benzene rings is 1. The summed E-state index contributed by atoms with van der Waals surface area (Å²) < 4.78 is 0. The summed E-state index contributed by atoms with van der Waals surface area (Å²) in [4.78, 5) is 22.7. The second-order valence-electron chi connectivity index (χ2n) is 4.80. The Morgan fingerprint density at radius 2 is 1.59 bits per heavy atom. The monoisotopic (exact) mass is 232 g/mol. The van der Waals surface area contributed by atoms with Crippen molar-refractivity contribution in [3.8, 4) is 0 Å². The fourth-order valence-corrected chi connectivity index (χ4v) is 2.12. The van der Waals surface area contributed by atoms with E-state index < -0.39 is 5.92 Å². The second kappa shape index (κ2) is 6.33. The van der Waals surface area contributed by atoms with Gasteiger partial charge in [-0.25, -0.2) is 0 Å². The largest absolute Gasteiger partial charge is 0.299 e. The Bertz CT molecular complexity index is 367. The van der Waals surface area contributed by atoms with E-state index in [0.717, 1.165) is 6.42 Å². The summed E-state index contributed by atoms with van der Waals surface area (Å²) in [6.07, 6.45) is 1.57. The first-order valence-electron chi connectivity index (χ1n) is 6.05. The van der Waals surface area contributed by atoms with E-state index in [1.807, 2.05) is 18.2 Å². The van der Waals surface area contributed by atoms with Crippen molar-refractivity contribution in [1.29, 1.82) is 0 Å². The Kier molecular flexibility index (Phi) is 5.08. The molecule has 1 atom stereocenters. The van der Waals surface area contributed by atoms with Crippen molar-refractivity contribution >= 4 is 11.6 Å². The van der Waals surface area contributed by atoms with Gasteiger partial charge in [0.2, 0.25) is 0 Å². The molecule has 0 saturated heterocycles. The molecule has 0 heterocycles. The summed E-state index contributed by atoms with van der Waals surface area (Å²) in [7, 11) is 0.